The Morgan fingerprint density at radius 1 is 1.20 bits per heavy atom. The molecule has 6 heteroatoms. The molecule has 0 bridgehead atoms. The Balaban J connectivity index is 1.81. The average molecular weight is 290 g/mol. The number of aryl methyl sites for hydroxylation is 2. The van der Waals surface area contributed by atoms with Crippen molar-refractivity contribution in [2.24, 2.45) is 0 Å². The van der Waals surface area contributed by atoms with E-state index in [0.717, 1.165) is 16.7 Å². The molecule has 1 fully saturated rings. The summed E-state index contributed by atoms with van der Waals surface area (Å²) in [6, 6.07) is 6.08. The fourth-order valence-electron chi connectivity index (χ4n) is 2.18. The van der Waals surface area contributed by atoms with Crippen molar-refractivity contribution in [2.45, 2.75) is 30.7 Å². The number of rotatable bonds is 3. The summed E-state index contributed by atoms with van der Waals surface area (Å²) in [4.78, 5) is 11.4. The lowest BCUT2D eigenvalue weighted by atomic mass is 10.1. The van der Waals surface area contributed by atoms with Gasteiger partial charge in [0.05, 0.1) is 6.61 Å². The summed E-state index contributed by atoms with van der Waals surface area (Å²) in [5, 5.41) is 8.21. The predicted molar refractivity (Wildman–Crippen MR) is 74.4 cm³/mol. The first-order valence-corrected chi connectivity index (χ1v) is 7.25. The summed E-state index contributed by atoms with van der Waals surface area (Å²) in [5.74, 6) is 0.270. The van der Waals surface area contributed by atoms with Crippen LogP contribution in [0.4, 0.5) is 0 Å². The molecule has 1 aliphatic rings. The Morgan fingerprint density at radius 2 is 1.95 bits per heavy atom. The number of cyclic esters (lactones) is 1. The van der Waals surface area contributed by atoms with Gasteiger partial charge in [0.1, 0.15) is 5.25 Å². The van der Waals surface area contributed by atoms with Gasteiger partial charge < -0.3 is 9.15 Å². The third-order valence-corrected chi connectivity index (χ3v) is 4.08. The van der Waals surface area contributed by atoms with E-state index in [1.54, 1.807) is 0 Å². The molecule has 0 saturated carbocycles. The zero-order chi connectivity index (χ0) is 14.1. The number of aromatic nitrogens is 2. The van der Waals surface area contributed by atoms with Crippen LogP contribution in [-0.2, 0) is 9.53 Å². The van der Waals surface area contributed by atoms with Crippen LogP contribution < -0.4 is 0 Å². The van der Waals surface area contributed by atoms with Gasteiger partial charge in [-0.2, -0.15) is 0 Å². The van der Waals surface area contributed by atoms with Gasteiger partial charge >= 0.3 is 5.97 Å². The lowest BCUT2D eigenvalue weighted by Crippen LogP contribution is -2.09. The summed E-state index contributed by atoms with van der Waals surface area (Å²) >= 11 is 1.27. The summed E-state index contributed by atoms with van der Waals surface area (Å²) in [6.45, 7) is 4.52. The van der Waals surface area contributed by atoms with E-state index in [2.05, 4.69) is 16.3 Å². The molecule has 2 aromatic rings. The van der Waals surface area contributed by atoms with Crippen LogP contribution in [-0.4, -0.2) is 28.0 Å². The molecule has 1 saturated heterocycles. The van der Waals surface area contributed by atoms with E-state index < -0.39 is 0 Å². The van der Waals surface area contributed by atoms with E-state index >= 15 is 0 Å². The monoisotopic (exact) mass is 290 g/mol. The number of ether oxygens (including phenoxy) is 1. The molecular formula is C14H14N2O3S. The first kappa shape index (κ1) is 13.2. The lowest BCUT2D eigenvalue weighted by molar-refractivity contribution is -0.137. The number of thioether (sulfide) groups is 1. The average Bonchev–Trinajstić information content (AvgIpc) is 2.99. The maximum absolute atomic E-state index is 11.4. The van der Waals surface area contributed by atoms with Gasteiger partial charge in [0.15, 0.2) is 0 Å². The van der Waals surface area contributed by atoms with E-state index in [9.17, 15) is 4.79 Å². The van der Waals surface area contributed by atoms with Crippen molar-refractivity contribution in [1.82, 2.24) is 10.2 Å². The minimum absolute atomic E-state index is 0.207. The molecule has 1 aromatic heterocycles. The smallest absolute Gasteiger partial charge is 0.319 e. The van der Waals surface area contributed by atoms with Gasteiger partial charge in [-0.3, -0.25) is 4.79 Å². The highest BCUT2D eigenvalue weighted by atomic mass is 32.2. The highest BCUT2D eigenvalue weighted by Gasteiger charge is 2.29. The van der Waals surface area contributed by atoms with Crippen LogP contribution in [0.5, 0.6) is 0 Å². The molecule has 0 aliphatic carbocycles. The zero-order valence-electron chi connectivity index (χ0n) is 11.3. The van der Waals surface area contributed by atoms with Crippen molar-refractivity contribution in [1.29, 1.82) is 0 Å². The summed E-state index contributed by atoms with van der Waals surface area (Å²) in [5.41, 5.74) is 3.19. The number of carbonyl (C=O) groups excluding carboxylic acids is 1. The number of esters is 1. The van der Waals surface area contributed by atoms with Crippen molar-refractivity contribution in [3.63, 3.8) is 0 Å². The summed E-state index contributed by atoms with van der Waals surface area (Å²) in [7, 11) is 0. The minimum atomic E-state index is -0.234. The molecule has 1 aromatic carbocycles. The SMILES string of the molecule is Cc1cc(C)cc(-c2nnc(SC3CCOC3=O)o2)c1. The van der Waals surface area contributed by atoms with Crippen LogP contribution in [0.2, 0.25) is 0 Å². The van der Waals surface area contributed by atoms with E-state index in [1.165, 1.54) is 11.8 Å². The Kier molecular flexibility index (Phi) is 3.48. The third-order valence-electron chi connectivity index (χ3n) is 3.01. The molecule has 1 atom stereocenters. The summed E-state index contributed by atoms with van der Waals surface area (Å²) in [6.07, 6.45) is 0.685. The van der Waals surface area contributed by atoms with Gasteiger partial charge in [-0.15, -0.1) is 10.2 Å². The van der Waals surface area contributed by atoms with Gasteiger partial charge in [0, 0.05) is 12.0 Å². The van der Waals surface area contributed by atoms with Crippen LogP contribution in [0.3, 0.4) is 0 Å². The second-order valence-electron chi connectivity index (χ2n) is 4.81. The van der Waals surface area contributed by atoms with Crippen LogP contribution in [0.25, 0.3) is 11.5 Å². The molecule has 1 aliphatic heterocycles. The van der Waals surface area contributed by atoms with Crippen LogP contribution in [0.1, 0.15) is 17.5 Å². The molecule has 20 heavy (non-hydrogen) atoms. The fourth-order valence-corrected chi connectivity index (χ4v) is 3.02. The Hall–Kier alpha value is -1.82. The van der Waals surface area contributed by atoms with E-state index in [1.807, 2.05) is 26.0 Å². The first-order valence-electron chi connectivity index (χ1n) is 6.37. The van der Waals surface area contributed by atoms with Gasteiger partial charge in [-0.25, -0.2) is 0 Å². The molecule has 3 rings (SSSR count). The second kappa shape index (κ2) is 5.28. The largest absolute Gasteiger partial charge is 0.465 e. The van der Waals surface area contributed by atoms with Crippen LogP contribution in [0.15, 0.2) is 27.8 Å². The molecule has 0 amide bonds. The van der Waals surface area contributed by atoms with Gasteiger partial charge in [-0.05, 0) is 37.7 Å². The van der Waals surface area contributed by atoms with Crippen LogP contribution in [0, 0.1) is 13.8 Å². The molecular weight excluding hydrogens is 276 g/mol. The number of hydrogen-bond donors (Lipinski definition) is 0. The highest BCUT2D eigenvalue weighted by molar-refractivity contribution is 8.00. The molecule has 1 unspecified atom stereocenters. The van der Waals surface area contributed by atoms with Crippen molar-refractivity contribution in [2.75, 3.05) is 6.61 Å². The number of hydrogen-bond acceptors (Lipinski definition) is 6. The number of nitrogens with zero attached hydrogens (tertiary/aromatic N) is 2. The Bertz CT molecular complexity index is 633. The molecule has 2 heterocycles. The number of benzene rings is 1. The number of carbonyl (C=O) groups is 1. The quantitative estimate of drug-likeness (QED) is 0.810. The predicted octanol–water partition coefficient (Wildman–Crippen LogP) is 2.76. The van der Waals surface area contributed by atoms with E-state index in [-0.39, 0.29) is 11.2 Å². The molecule has 0 N–H and O–H groups in total. The van der Waals surface area contributed by atoms with Gasteiger partial charge in [0.25, 0.3) is 5.22 Å². The Morgan fingerprint density at radius 3 is 2.60 bits per heavy atom. The van der Waals surface area contributed by atoms with Crippen molar-refractivity contribution >= 4 is 17.7 Å². The van der Waals surface area contributed by atoms with Crippen molar-refractivity contribution < 1.29 is 13.9 Å². The van der Waals surface area contributed by atoms with Gasteiger partial charge in [0.2, 0.25) is 5.89 Å². The Labute approximate surface area is 120 Å². The third kappa shape index (κ3) is 2.70. The zero-order valence-corrected chi connectivity index (χ0v) is 12.1. The van der Waals surface area contributed by atoms with E-state index in [4.69, 9.17) is 9.15 Å². The van der Waals surface area contributed by atoms with Gasteiger partial charge in [-0.1, -0.05) is 17.2 Å². The lowest BCUT2D eigenvalue weighted by Gasteiger charge is -2.01. The topological polar surface area (TPSA) is 65.2 Å². The maximum atomic E-state index is 11.4. The van der Waals surface area contributed by atoms with Crippen molar-refractivity contribution in [3.8, 4) is 11.5 Å². The van der Waals surface area contributed by atoms with Crippen molar-refractivity contribution in [3.05, 3.63) is 29.3 Å². The minimum Gasteiger partial charge on any atom is -0.465 e. The fraction of sp³-hybridized carbons (Fsp3) is 0.357. The molecule has 104 valence electrons. The highest BCUT2D eigenvalue weighted by Crippen LogP contribution is 2.30. The molecule has 5 nitrogen and oxygen atoms in total. The molecule has 0 spiro atoms. The first-order chi connectivity index (χ1) is 9.61. The second-order valence-corrected chi connectivity index (χ2v) is 5.97. The van der Waals surface area contributed by atoms with E-state index in [0.29, 0.717) is 24.1 Å². The molecule has 0 radical (unpaired) electrons. The summed E-state index contributed by atoms with van der Waals surface area (Å²) < 4.78 is 10.5. The normalized spacial score (nSPS) is 18.3. The maximum Gasteiger partial charge on any atom is 0.319 e. The standard InChI is InChI=1S/C14H14N2O3S/c1-8-5-9(2)7-10(6-8)12-15-16-14(19-12)20-11-3-4-18-13(11)17/h5-7,11H,3-4H2,1-2H3. The van der Waals surface area contributed by atoms with Crippen LogP contribution >= 0.6 is 11.8 Å².